The zero-order valence-electron chi connectivity index (χ0n) is 7.56. The first kappa shape index (κ1) is 9.64. The van der Waals surface area contributed by atoms with Crippen molar-refractivity contribution in [2.45, 2.75) is 26.2 Å². The van der Waals surface area contributed by atoms with E-state index in [-0.39, 0.29) is 10.6 Å². The van der Waals surface area contributed by atoms with Crippen molar-refractivity contribution in [3.05, 3.63) is 34.1 Å². The van der Waals surface area contributed by atoms with Gasteiger partial charge in [-0.15, -0.1) is 0 Å². The first-order chi connectivity index (χ1) is 6.25. The zero-order chi connectivity index (χ0) is 9.68. The van der Waals surface area contributed by atoms with Crippen molar-refractivity contribution in [1.82, 2.24) is 4.98 Å². The highest BCUT2D eigenvalue weighted by Crippen LogP contribution is 2.16. The van der Waals surface area contributed by atoms with Crippen LogP contribution in [-0.4, -0.2) is 9.91 Å². The molecular formula is C9H12N2O2. The van der Waals surface area contributed by atoms with Crippen LogP contribution in [0.25, 0.3) is 0 Å². The van der Waals surface area contributed by atoms with E-state index in [0.29, 0.717) is 12.1 Å². The Hall–Kier alpha value is -1.45. The van der Waals surface area contributed by atoms with E-state index in [1.807, 2.05) is 0 Å². The van der Waals surface area contributed by atoms with Crippen molar-refractivity contribution < 1.29 is 4.92 Å². The molecule has 0 aromatic carbocycles. The van der Waals surface area contributed by atoms with Gasteiger partial charge in [-0.05, 0) is 18.9 Å². The fraction of sp³-hybridized carbons (Fsp3) is 0.444. The molecule has 0 spiro atoms. The summed E-state index contributed by atoms with van der Waals surface area (Å²) < 4.78 is 0. The lowest BCUT2D eigenvalue weighted by molar-refractivity contribution is -0.385. The lowest BCUT2D eigenvalue weighted by Gasteiger charge is -1.99. The number of aryl methyl sites for hydroxylation is 1. The number of pyridine rings is 1. The number of rotatable bonds is 4. The molecule has 1 aromatic rings. The predicted octanol–water partition coefficient (Wildman–Crippen LogP) is 2.33. The number of unbranched alkanes of at least 4 members (excludes halogenated alkanes) is 1. The Kier molecular flexibility index (Phi) is 3.37. The van der Waals surface area contributed by atoms with Crippen LogP contribution in [0.3, 0.4) is 0 Å². The van der Waals surface area contributed by atoms with E-state index in [1.54, 1.807) is 12.3 Å². The Morgan fingerprint density at radius 1 is 1.62 bits per heavy atom. The van der Waals surface area contributed by atoms with E-state index >= 15 is 0 Å². The zero-order valence-corrected chi connectivity index (χ0v) is 7.56. The highest BCUT2D eigenvalue weighted by Gasteiger charge is 2.12. The Balaban J connectivity index is 2.84. The van der Waals surface area contributed by atoms with Gasteiger partial charge in [-0.3, -0.25) is 15.1 Å². The van der Waals surface area contributed by atoms with Crippen LogP contribution in [0.1, 0.15) is 25.5 Å². The van der Waals surface area contributed by atoms with E-state index in [1.165, 1.54) is 6.07 Å². The Morgan fingerprint density at radius 3 is 3.00 bits per heavy atom. The third-order valence-electron chi connectivity index (χ3n) is 1.83. The van der Waals surface area contributed by atoms with Crippen LogP contribution in [0.4, 0.5) is 5.69 Å². The van der Waals surface area contributed by atoms with Crippen LogP contribution in [-0.2, 0) is 6.42 Å². The van der Waals surface area contributed by atoms with Gasteiger partial charge in [0.2, 0.25) is 0 Å². The third-order valence-corrected chi connectivity index (χ3v) is 1.83. The Bertz CT molecular complexity index is 299. The number of nitrogens with zero attached hydrogens (tertiary/aromatic N) is 2. The highest BCUT2D eigenvalue weighted by atomic mass is 16.6. The van der Waals surface area contributed by atoms with Gasteiger partial charge in [0.05, 0.1) is 4.92 Å². The van der Waals surface area contributed by atoms with Gasteiger partial charge < -0.3 is 0 Å². The monoisotopic (exact) mass is 180 g/mol. The second-order valence-corrected chi connectivity index (χ2v) is 2.83. The van der Waals surface area contributed by atoms with Crippen molar-refractivity contribution in [2.75, 3.05) is 0 Å². The molecule has 0 unspecified atom stereocenters. The van der Waals surface area contributed by atoms with E-state index < -0.39 is 0 Å². The SMILES string of the molecule is CCCCc1ncccc1[N+](=O)[O-]. The van der Waals surface area contributed by atoms with Gasteiger partial charge >= 0.3 is 0 Å². The Morgan fingerprint density at radius 2 is 2.38 bits per heavy atom. The molecular weight excluding hydrogens is 168 g/mol. The maximum atomic E-state index is 10.6. The first-order valence-corrected chi connectivity index (χ1v) is 4.34. The highest BCUT2D eigenvalue weighted by molar-refractivity contribution is 5.34. The summed E-state index contributed by atoms with van der Waals surface area (Å²) in [6, 6.07) is 3.09. The second kappa shape index (κ2) is 4.54. The standard InChI is InChI=1S/C9H12N2O2/c1-2-3-5-8-9(11(12)13)6-4-7-10-8/h4,6-7H,2-3,5H2,1H3. The van der Waals surface area contributed by atoms with Crippen LogP contribution in [0.2, 0.25) is 0 Å². The van der Waals surface area contributed by atoms with Crippen LogP contribution < -0.4 is 0 Å². The summed E-state index contributed by atoms with van der Waals surface area (Å²) in [4.78, 5) is 14.2. The number of hydrogen-bond acceptors (Lipinski definition) is 3. The number of aromatic nitrogens is 1. The van der Waals surface area contributed by atoms with Gasteiger partial charge in [0, 0.05) is 12.3 Å². The van der Waals surface area contributed by atoms with Gasteiger partial charge in [0.1, 0.15) is 5.69 Å². The first-order valence-electron chi connectivity index (χ1n) is 4.34. The molecule has 0 fully saturated rings. The molecule has 0 N–H and O–H groups in total. The molecule has 1 heterocycles. The molecule has 1 rings (SSSR count). The molecule has 13 heavy (non-hydrogen) atoms. The maximum absolute atomic E-state index is 10.6. The predicted molar refractivity (Wildman–Crippen MR) is 49.5 cm³/mol. The summed E-state index contributed by atoms with van der Waals surface area (Å²) in [5.41, 5.74) is 0.727. The lowest BCUT2D eigenvalue weighted by atomic mass is 10.1. The fourth-order valence-electron chi connectivity index (χ4n) is 1.13. The molecule has 4 nitrogen and oxygen atoms in total. The second-order valence-electron chi connectivity index (χ2n) is 2.83. The Labute approximate surface area is 76.8 Å². The number of nitro groups is 1. The van der Waals surface area contributed by atoms with Crippen LogP contribution in [0.15, 0.2) is 18.3 Å². The molecule has 1 aromatic heterocycles. The fourth-order valence-corrected chi connectivity index (χ4v) is 1.13. The van der Waals surface area contributed by atoms with E-state index in [0.717, 1.165) is 12.8 Å². The molecule has 4 heteroatoms. The topological polar surface area (TPSA) is 56.0 Å². The molecule has 70 valence electrons. The minimum Gasteiger partial charge on any atom is -0.258 e. The smallest absolute Gasteiger partial charge is 0.258 e. The average Bonchev–Trinajstić information content (AvgIpc) is 2.15. The van der Waals surface area contributed by atoms with Gasteiger partial charge in [-0.1, -0.05) is 13.3 Å². The summed E-state index contributed by atoms with van der Waals surface area (Å²) in [5, 5.41) is 10.6. The van der Waals surface area contributed by atoms with Crippen molar-refractivity contribution in [3.63, 3.8) is 0 Å². The summed E-state index contributed by atoms with van der Waals surface area (Å²) in [6.45, 7) is 2.05. The molecule has 0 saturated heterocycles. The molecule has 0 radical (unpaired) electrons. The summed E-state index contributed by atoms with van der Waals surface area (Å²) in [7, 11) is 0. The summed E-state index contributed by atoms with van der Waals surface area (Å²) >= 11 is 0. The molecule has 0 amide bonds. The summed E-state index contributed by atoms with van der Waals surface area (Å²) in [5.74, 6) is 0. The molecule has 0 atom stereocenters. The van der Waals surface area contributed by atoms with E-state index in [4.69, 9.17) is 0 Å². The van der Waals surface area contributed by atoms with Crippen molar-refractivity contribution in [3.8, 4) is 0 Å². The summed E-state index contributed by atoms with van der Waals surface area (Å²) in [6.07, 6.45) is 4.25. The molecule has 0 bridgehead atoms. The van der Waals surface area contributed by atoms with Crippen molar-refractivity contribution >= 4 is 5.69 Å². The van der Waals surface area contributed by atoms with Crippen LogP contribution in [0, 0.1) is 10.1 Å². The average molecular weight is 180 g/mol. The van der Waals surface area contributed by atoms with Gasteiger partial charge in [0.25, 0.3) is 5.69 Å². The van der Waals surface area contributed by atoms with Gasteiger partial charge in [-0.2, -0.15) is 0 Å². The minimum atomic E-state index is -0.377. The molecule has 0 aliphatic rings. The van der Waals surface area contributed by atoms with Crippen molar-refractivity contribution in [2.24, 2.45) is 0 Å². The quantitative estimate of drug-likeness (QED) is 0.527. The van der Waals surface area contributed by atoms with Crippen molar-refractivity contribution in [1.29, 1.82) is 0 Å². The van der Waals surface area contributed by atoms with Crippen LogP contribution in [0.5, 0.6) is 0 Å². The van der Waals surface area contributed by atoms with Gasteiger partial charge in [0.15, 0.2) is 0 Å². The molecule has 0 saturated carbocycles. The van der Waals surface area contributed by atoms with Gasteiger partial charge in [-0.25, -0.2) is 0 Å². The normalized spacial score (nSPS) is 9.92. The van der Waals surface area contributed by atoms with E-state index in [9.17, 15) is 10.1 Å². The van der Waals surface area contributed by atoms with E-state index in [2.05, 4.69) is 11.9 Å². The largest absolute Gasteiger partial charge is 0.290 e. The van der Waals surface area contributed by atoms with Crippen LogP contribution >= 0.6 is 0 Å². The third kappa shape index (κ3) is 2.50. The minimum absolute atomic E-state index is 0.135. The number of hydrogen-bond donors (Lipinski definition) is 0. The lowest BCUT2D eigenvalue weighted by Crippen LogP contribution is -1.97. The molecule has 0 aliphatic heterocycles. The molecule has 0 aliphatic carbocycles. The maximum Gasteiger partial charge on any atom is 0.290 e.